The molecule has 5 nitrogen and oxygen atoms in total. The number of carboxylic acid groups (broad SMARTS) is 1. The fourth-order valence-electron chi connectivity index (χ4n) is 0.942. The van der Waals surface area contributed by atoms with E-state index in [1.165, 1.54) is 6.20 Å². The van der Waals surface area contributed by atoms with Crippen molar-refractivity contribution in [3.63, 3.8) is 0 Å². The first-order valence-corrected chi connectivity index (χ1v) is 4.00. The summed E-state index contributed by atoms with van der Waals surface area (Å²) in [4.78, 5) is 14.2. The van der Waals surface area contributed by atoms with Crippen LogP contribution in [0.15, 0.2) is 18.3 Å². The van der Waals surface area contributed by atoms with Crippen LogP contribution in [0, 0.1) is 11.3 Å². The van der Waals surface area contributed by atoms with Gasteiger partial charge in [0.2, 0.25) is 0 Å². The third-order valence-corrected chi connectivity index (χ3v) is 1.53. The highest BCUT2D eigenvalue weighted by molar-refractivity contribution is 5.68. The van der Waals surface area contributed by atoms with Gasteiger partial charge in [-0.2, -0.15) is 5.26 Å². The Labute approximate surface area is 81.0 Å². The highest BCUT2D eigenvalue weighted by atomic mass is 16.4. The molecular formula is C9H9N3O2. The van der Waals surface area contributed by atoms with Gasteiger partial charge in [0.1, 0.15) is 0 Å². The lowest BCUT2D eigenvalue weighted by molar-refractivity contribution is -0.135. The van der Waals surface area contributed by atoms with E-state index in [0.29, 0.717) is 17.8 Å². The molecule has 14 heavy (non-hydrogen) atoms. The van der Waals surface area contributed by atoms with Crippen LogP contribution < -0.4 is 5.32 Å². The fraction of sp³-hybridized carbons (Fsp3) is 0.222. The van der Waals surface area contributed by atoms with Gasteiger partial charge in [-0.15, -0.1) is 0 Å². The molecule has 0 unspecified atom stereocenters. The third kappa shape index (κ3) is 3.21. The molecule has 0 fully saturated rings. The van der Waals surface area contributed by atoms with Gasteiger partial charge in [0.05, 0.1) is 23.9 Å². The molecule has 0 bridgehead atoms. The van der Waals surface area contributed by atoms with E-state index in [0.717, 1.165) is 0 Å². The molecule has 1 rings (SSSR count). The van der Waals surface area contributed by atoms with Crippen molar-refractivity contribution in [3.05, 3.63) is 29.6 Å². The maximum Gasteiger partial charge on any atom is 0.317 e. The summed E-state index contributed by atoms with van der Waals surface area (Å²) in [6.07, 6.45) is 1.52. The SMILES string of the molecule is N#Cc1ccnc(CNCC(=O)O)c1. The van der Waals surface area contributed by atoms with Crippen LogP contribution in [0.1, 0.15) is 11.3 Å². The maximum atomic E-state index is 10.2. The van der Waals surface area contributed by atoms with Crippen molar-refractivity contribution in [2.45, 2.75) is 6.54 Å². The lowest BCUT2D eigenvalue weighted by Gasteiger charge is -2.00. The summed E-state index contributed by atoms with van der Waals surface area (Å²) >= 11 is 0. The van der Waals surface area contributed by atoms with Crippen LogP contribution in [0.5, 0.6) is 0 Å². The largest absolute Gasteiger partial charge is 0.480 e. The number of hydrogen-bond donors (Lipinski definition) is 2. The number of aliphatic carboxylic acids is 1. The minimum Gasteiger partial charge on any atom is -0.480 e. The topological polar surface area (TPSA) is 86.0 Å². The Kier molecular flexibility index (Phi) is 3.58. The highest BCUT2D eigenvalue weighted by Crippen LogP contribution is 1.99. The predicted octanol–water partition coefficient (Wildman–Crippen LogP) is 0.127. The number of carboxylic acids is 1. The van der Waals surface area contributed by atoms with Crippen molar-refractivity contribution in [2.24, 2.45) is 0 Å². The van der Waals surface area contributed by atoms with E-state index in [9.17, 15) is 4.79 Å². The van der Waals surface area contributed by atoms with Crippen LogP contribution in [0.2, 0.25) is 0 Å². The summed E-state index contributed by atoms with van der Waals surface area (Å²) < 4.78 is 0. The fourth-order valence-corrected chi connectivity index (χ4v) is 0.942. The molecule has 0 aromatic carbocycles. The molecule has 0 aliphatic carbocycles. The number of aromatic nitrogens is 1. The average Bonchev–Trinajstić information content (AvgIpc) is 2.18. The van der Waals surface area contributed by atoms with Crippen LogP contribution in [-0.2, 0) is 11.3 Å². The summed E-state index contributed by atoms with van der Waals surface area (Å²) in [5.41, 5.74) is 1.18. The van der Waals surface area contributed by atoms with Crippen molar-refractivity contribution < 1.29 is 9.90 Å². The van der Waals surface area contributed by atoms with E-state index in [4.69, 9.17) is 10.4 Å². The molecule has 0 saturated heterocycles. The number of nitriles is 1. The Bertz CT molecular complexity index is 371. The molecule has 1 aromatic rings. The first kappa shape index (κ1) is 10.2. The third-order valence-electron chi connectivity index (χ3n) is 1.53. The number of carbonyl (C=O) groups is 1. The monoisotopic (exact) mass is 191 g/mol. The zero-order valence-electron chi connectivity index (χ0n) is 7.40. The van der Waals surface area contributed by atoms with Gasteiger partial charge in [-0.05, 0) is 12.1 Å². The maximum absolute atomic E-state index is 10.2. The van der Waals surface area contributed by atoms with Gasteiger partial charge in [0, 0.05) is 12.7 Å². The second-order valence-electron chi connectivity index (χ2n) is 2.64. The van der Waals surface area contributed by atoms with Gasteiger partial charge in [-0.1, -0.05) is 0 Å². The molecule has 5 heteroatoms. The summed E-state index contributed by atoms with van der Waals surface area (Å²) in [6, 6.07) is 5.20. The van der Waals surface area contributed by atoms with Crippen LogP contribution in [0.25, 0.3) is 0 Å². The van der Waals surface area contributed by atoms with E-state index in [1.807, 2.05) is 6.07 Å². The van der Waals surface area contributed by atoms with Crippen molar-refractivity contribution in [2.75, 3.05) is 6.54 Å². The van der Waals surface area contributed by atoms with Crippen molar-refractivity contribution in [1.82, 2.24) is 10.3 Å². The van der Waals surface area contributed by atoms with Gasteiger partial charge >= 0.3 is 5.97 Å². The van der Waals surface area contributed by atoms with E-state index < -0.39 is 5.97 Å². The van der Waals surface area contributed by atoms with Gasteiger partial charge in [0.25, 0.3) is 0 Å². The number of rotatable bonds is 4. The lowest BCUT2D eigenvalue weighted by Crippen LogP contribution is -2.22. The van der Waals surface area contributed by atoms with Crippen LogP contribution in [0.4, 0.5) is 0 Å². The van der Waals surface area contributed by atoms with Crippen molar-refractivity contribution >= 4 is 5.97 Å². The van der Waals surface area contributed by atoms with E-state index >= 15 is 0 Å². The van der Waals surface area contributed by atoms with Gasteiger partial charge in [-0.25, -0.2) is 0 Å². The summed E-state index contributed by atoms with van der Waals surface area (Å²) in [7, 11) is 0. The van der Waals surface area contributed by atoms with Crippen LogP contribution in [0.3, 0.4) is 0 Å². The first-order chi connectivity index (χ1) is 6.72. The number of hydrogen-bond acceptors (Lipinski definition) is 4. The molecule has 0 spiro atoms. The zero-order valence-corrected chi connectivity index (χ0v) is 7.40. The van der Waals surface area contributed by atoms with Crippen LogP contribution in [-0.4, -0.2) is 22.6 Å². The molecule has 0 atom stereocenters. The lowest BCUT2D eigenvalue weighted by atomic mass is 10.2. The molecule has 1 heterocycles. The number of nitrogens with zero attached hydrogens (tertiary/aromatic N) is 2. The smallest absolute Gasteiger partial charge is 0.317 e. The van der Waals surface area contributed by atoms with Gasteiger partial charge in [0.15, 0.2) is 0 Å². The Morgan fingerprint density at radius 1 is 1.71 bits per heavy atom. The quantitative estimate of drug-likeness (QED) is 0.706. The number of pyridine rings is 1. The highest BCUT2D eigenvalue weighted by Gasteiger charge is 1.98. The summed E-state index contributed by atoms with van der Waals surface area (Å²) in [5.74, 6) is -0.915. The molecule has 0 saturated carbocycles. The van der Waals surface area contributed by atoms with Crippen molar-refractivity contribution in [3.8, 4) is 6.07 Å². The molecule has 72 valence electrons. The van der Waals surface area contributed by atoms with E-state index in [-0.39, 0.29) is 6.54 Å². The first-order valence-electron chi connectivity index (χ1n) is 4.00. The summed E-state index contributed by atoms with van der Waals surface area (Å²) in [6.45, 7) is 0.236. The zero-order chi connectivity index (χ0) is 10.4. The minimum atomic E-state index is -0.915. The van der Waals surface area contributed by atoms with Crippen LogP contribution >= 0.6 is 0 Å². The normalized spacial score (nSPS) is 9.36. The molecule has 0 aliphatic heterocycles. The molecule has 0 amide bonds. The van der Waals surface area contributed by atoms with Gasteiger partial charge < -0.3 is 10.4 Å². The molecular weight excluding hydrogens is 182 g/mol. The Hall–Kier alpha value is -1.93. The Morgan fingerprint density at radius 3 is 3.14 bits per heavy atom. The molecule has 2 N–H and O–H groups in total. The van der Waals surface area contributed by atoms with E-state index in [1.54, 1.807) is 12.1 Å². The van der Waals surface area contributed by atoms with Crippen molar-refractivity contribution in [1.29, 1.82) is 5.26 Å². The molecule has 0 radical (unpaired) electrons. The minimum absolute atomic E-state index is 0.113. The predicted molar refractivity (Wildman–Crippen MR) is 48.3 cm³/mol. The van der Waals surface area contributed by atoms with E-state index in [2.05, 4.69) is 10.3 Å². The van der Waals surface area contributed by atoms with Gasteiger partial charge in [-0.3, -0.25) is 9.78 Å². The number of nitrogens with one attached hydrogen (secondary N) is 1. The second-order valence-corrected chi connectivity index (χ2v) is 2.64. The molecule has 1 aromatic heterocycles. The Balaban J connectivity index is 2.51. The second kappa shape index (κ2) is 4.94. The average molecular weight is 191 g/mol. The Morgan fingerprint density at radius 2 is 2.50 bits per heavy atom. The standard InChI is InChI=1S/C9H9N3O2/c10-4-7-1-2-12-8(3-7)5-11-6-9(13)14/h1-3,11H,5-6H2,(H,13,14). The molecule has 0 aliphatic rings. The summed E-state index contributed by atoms with van der Waals surface area (Å²) in [5, 5.41) is 19.6.